The molecule has 1 rings (SSSR count). The Balaban J connectivity index is 2.98. The van der Waals surface area contributed by atoms with Gasteiger partial charge in [-0.15, -0.1) is 0 Å². The quantitative estimate of drug-likeness (QED) is 0.819. The normalized spacial score (nSPS) is 12.5. The molecule has 0 amide bonds. The van der Waals surface area contributed by atoms with Crippen LogP contribution >= 0.6 is 15.9 Å². The van der Waals surface area contributed by atoms with Crippen molar-refractivity contribution in [2.24, 2.45) is 0 Å². The first-order valence-corrected chi connectivity index (χ1v) is 6.58. The van der Waals surface area contributed by atoms with Gasteiger partial charge in [0.05, 0.1) is 6.10 Å². The first-order chi connectivity index (χ1) is 7.63. The van der Waals surface area contributed by atoms with Crippen molar-refractivity contribution in [3.63, 3.8) is 0 Å². The van der Waals surface area contributed by atoms with Gasteiger partial charge in [-0.25, -0.2) is 0 Å². The van der Waals surface area contributed by atoms with Crippen molar-refractivity contribution in [3.8, 4) is 5.75 Å². The summed E-state index contributed by atoms with van der Waals surface area (Å²) >= 11 is 3.19. The lowest BCUT2D eigenvalue weighted by Gasteiger charge is -2.22. The Labute approximate surface area is 105 Å². The number of hydrogen-bond acceptors (Lipinski definition) is 3. The maximum Gasteiger partial charge on any atom is 0.123 e. The average molecular weight is 288 g/mol. The lowest BCUT2D eigenvalue weighted by atomic mass is 10.1. The molecular weight excluding hydrogens is 270 g/mol. The zero-order chi connectivity index (χ0) is 12.1. The zero-order valence-electron chi connectivity index (χ0n) is 9.65. The largest absolute Gasteiger partial charge is 0.507 e. The second kappa shape index (κ2) is 6.11. The number of benzene rings is 1. The standard InChI is InChI=1S/C12H18BrNO2/c1-3-14(4-2)9-5-6-10(11(15)7-9)12(16)8-13/h5-7,12,15-16H,3-4,8H2,1-2H3. The van der Waals surface area contributed by atoms with Crippen LogP contribution in [-0.2, 0) is 0 Å². The Morgan fingerprint density at radius 1 is 1.31 bits per heavy atom. The minimum absolute atomic E-state index is 0.149. The molecule has 0 aliphatic heterocycles. The van der Waals surface area contributed by atoms with Gasteiger partial charge in [-0.2, -0.15) is 0 Å². The van der Waals surface area contributed by atoms with Crippen LogP contribution < -0.4 is 4.90 Å². The molecule has 3 nitrogen and oxygen atoms in total. The molecule has 0 saturated carbocycles. The van der Waals surface area contributed by atoms with E-state index in [1.165, 1.54) is 0 Å². The molecular formula is C12H18BrNO2. The monoisotopic (exact) mass is 287 g/mol. The van der Waals surface area contributed by atoms with Crippen molar-refractivity contribution >= 4 is 21.6 Å². The maximum atomic E-state index is 9.83. The van der Waals surface area contributed by atoms with Gasteiger partial charge in [0.2, 0.25) is 0 Å². The minimum atomic E-state index is -0.661. The Morgan fingerprint density at radius 2 is 1.94 bits per heavy atom. The predicted octanol–water partition coefficient (Wildman–Crippen LogP) is 2.67. The lowest BCUT2D eigenvalue weighted by molar-refractivity contribution is 0.201. The van der Waals surface area contributed by atoms with Gasteiger partial charge in [0.1, 0.15) is 5.75 Å². The smallest absolute Gasteiger partial charge is 0.123 e. The van der Waals surface area contributed by atoms with Crippen LogP contribution in [0, 0.1) is 0 Å². The average Bonchev–Trinajstić information content (AvgIpc) is 2.30. The number of anilines is 1. The topological polar surface area (TPSA) is 43.7 Å². The molecule has 1 aromatic carbocycles. The molecule has 0 heterocycles. The van der Waals surface area contributed by atoms with Crippen molar-refractivity contribution in [2.45, 2.75) is 20.0 Å². The molecule has 1 unspecified atom stereocenters. The fraction of sp³-hybridized carbons (Fsp3) is 0.500. The second-order valence-electron chi connectivity index (χ2n) is 3.59. The number of hydrogen-bond donors (Lipinski definition) is 2. The number of aliphatic hydroxyl groups is 1. The van der Waals surface area contributed by atoms with Crippen LogP contribution in [0.25, 0.3) is 0 Å². The van der Waals surface area contributed by atoms with Crippen molar-refractivity contribution < 1.29 is 10.2 Å². The molecule has 0 aliphatic carbocycles. The van der Waals surface area contributed by atoms with Crippen molar-refractivity contribution in [3.05, 3.63) is 23.8 Å². The molecule has 0 bridgehead atoms. The van der Waals surface area contributed by atoms with Crippen LogP contribution in [0.1, 0.15) is 25.5 Å². The highest BCUT2D eigenvalue weighted by Crippen LogP contribution is 2.29. The van der Waals surface area contributed by atoms with Gasteiger partial charge in [0, 0.05) is 35.7 Å². The van der Waals surface area contributed by atoms with E-state index in [0.717, 1.165) is 18.8 Å². The van der Waals surface area contributed by atoms with Crippen molar-refractivity contribution in [2.75, 3.05) is 23.3 Å². The third-order valence-electron chi connectivity index (χ3n) is 2.65. The van der Waals surface area contributed by atoms with Gasteiger partial charge in [-0.3, -0.25) is 0 Å². The molecule has 0 saturated heterocycles. The van der Waals surface area contributed by atoms with Gasteiger partial charge in [0.25, 0.3) is 0 Å². The molecule has 0 aliphatic rings. The maximum absolute atomic E-state index is 9.83. The summed E-state index contributed by atoms with van der Waals surface area (Å²) in [6.07, 6.45) is -0.661. The number of halogens is 1. The molecule has 2 N–H and O–H groups in total. The van der Waals surface area contributed by atoms with Gasteiger partial charge < -0.3 is 15.1 Å². The van der Waals surface area contributed by atoms with Crippen LogP contribution in [0.2, 0.25) is 0 Å². The van der Waals surface area contributed by atoms with Gasteiger partial charge in [-0.05, 0) is 19.9 Å². The molecule has 0 spiro atoms. The molecule has 4 heteroatoms. The molecule has 1 atom stereocenters. The second-order valence-corrected chi connectivity index (χ2v) is 4.23. The summed E-state index contributed by atoms with van der Waals surface area (Å²) in [6, 6.07) is 5.40. The van der Waals surface area contributed by atoms with Crippen LogP contribution in [0.5, 0.6) is 5.75 Å². The summed E-state index contributed by atoms with van der Waals surface area (Å²) in [4.78, 5) is 2.14. The highest BCUT2D eigenvalue weighted by molar-refractivity contribution is 9.09. The van der Waals surface area contributed by atoms with E-state index in [0.29, 0.717) is 10.9 Å². The van der Waals surface area contributed by atoms with E-state index >= 15 is 0 Å². The summed E-state index contributed by atoms with van der Waals surface area (Å²) in [7, 11) is 0. The fourth-order valence-electron chi connectivity index (χ4n) is 1.68. The summed E-state index contributed by atoms with van der Waals surface area (Å²) in [5.74, 6) is 0.149. The van der Waals surface area contributed by atoms with E-state index in [-0.39, 0.29) is 5.75 Å². The number of rotatable bonds is 5. The third-order valence-corrected chi connectivity index (χ3v) is 3.26. The fourth-order valence-corrected chi connectivity index (χ4v) is 2.03. The highest BCUT2D eigenvalue weighted by Gasteiger charge is 2.12. The first-order valence-electron chi connectivity index (χ1n) is 5.45. The Hall–Kier alpha value is -0.740. The van der Waals surface area contributed by atoms with Crippen LogP contribution in [0.3, 0.4) is 0 Å². The predicted molar refractivity (Wildman–Crippen MR) is 70.4 cm³/mol. The third kappa shape index (κ3) is 2.89. The number of phenols is 1. The summed E-state index contributed by atoms with van der Waals surface area (Å²) < 4.78 is 0. The summed E-state index contributed by atoms with van der Waals surface area (Å²) in [5, 5.41) is 19.9. The van der Waals surface area contributed by atoms with E-state index in [1.807, 2.05) is 6.07 Å². The van der Waals surface area contributed by atoms with E-state index in [9.17, 15) is 10.2 Å². The van der Waals surface area contributed by atoms with E-state index in [4.69, 9.17) is 0 Å². The van der Waals surface area contributed by atoms with E-state index in [2.05, 4.69) is 34.7 Å². The minimum Gasteiger partial charge on any atom is -0.507 e. The number of nitrogens with zero attached hydrogens (tertiary/aromatic N) is 1. The number of aliphatic hydroxyl groups excluding tert-OH is 1. The molecule has 0 radical (unpaired) electrons. The summed E-state index contributed by atoms with van der Waals surface area (Å²) in [5.41, 5.74) is 1.54. The molecule has 90 valence electrons. The Kier molecular flexibility index (Phi) is 5.09. The number of alkyl halides is 1. The van der Waals surface area contributed by atoms with Crippen LogP contribution in [0.15, 0.2) is 18.2 Å². The zero-order valence-corrected chi connectivity index (χ0v) is 11.2. The number of aromatic hydroxyl groups is 1. The highest BCUT2D eigenvalue weighted by atomic mass is 79.9. The van der Waals surface area contributed by atoms with Gasteiger partial charge in [0.15, 0.2) is 0 Å². The first kappa shape index (κ1) is 13.3. The van der Waals surface area contributed by atoms with Crippen molar-refractivity contribution in [1.82, 2.24) is 0 Å². The van der Waals surface area contributed by atoms with Gasteiger partial charge in [-0.1, -0.05) is 22.0 Å². The molecule has 0 fully saturated rings. The molecule has 16 heavy (non-hydrogen) atoms. The summed E-state index contributed by atoms with van der Waals surface area (Å²) in [6.45, 7) is 5.94. The Bertz CT molecular complexity index is 340. The molecule has 0 aromatic heterocycles. The number of phenolic OH excluding ortho intramolecular Hbond substituents is 1. The SMILES string of the molecule is CCN(CC)c1ccc(C(O)CBr)c(O)c1. The van der Waals surface area contributed by atoms with Crippen LogP contribution in [0.4, 0.5) is 5.69 Å². The Morgan fingerprint density at radius 3 is 2.38 bits per heavy atom. The van der Waals surface area contributed by atoms with E-state index in [1.54, 1.807) is 12.1 Å². The molecule has 1 aromatic rings. The van der Waals surface area contributed by atoms with Crippen LogP contribution in [-0.4, -0.2) is 28.6 Å². The van der Waals surface area contributed by atoms with Crippen molar-refractivity contribution in [1.29, 1.82) is 0 Å². The lowest BCUT2D eigenvalue weighted by Crippen LogP contribution is -2.21. The van der Waals surface area contributed by atoms with E-state index < -0.39 is 6.10 Å². The van der Waals surface area contributed by atoms with Gasteiger partial charge >= 0.3 is 0 Å².